The van der Waals surface area contributed by atoms with E-state index >= 15 is 0 Å². The zero-order valence-corrected chi connectivity index (χ0v) is 13.9. The van der Waals surface area contributed by atoms with Gasteiger partial charge in [0.1, 0.15) is 5.60 Å². The van der Waals surface area contributed by atoms with Crippen molar-refractivity contribution in [1.82, 2.24) is 10.6 Å². The Morgan fingerprint density at radius 3 is 2.48 bits per heavy atom. The monoisotopic (exact) mass is 357 g/mol. The van der Waals surface area contributed by atoms with Crippen LogP contribution in [0.2, 0.25) is 0 Å². The molecule has 1 rings (SSSR count). The van der Waals surface area contributed by atoms with Crippen LogP contribution in [0.5, 0.6) is 0 Å². The fourth-order valence-corrected chi connectivity index (χ4v) is 1.80. The van der Waals surface area contributed by atoms with Crippen LogP contribution in [-0.2, 0) is 4.74 Å². The molecule has 0 fully saturated rings. The van der Waals surface area contributed by atoms with Gasteiger partial charge in [-0.3, -0.25) is 0 Å². The molecule has 0 saturated heterocycles. The highest BCUT2D eigenvalue weighted by atomic mass is 79.9. The summed E-state index contributed by atoms with van der Waals surface area (Å²) in [6.45, 7) is 5.96. The molecule has 0 bridgehead atoms. The lowest BCUT2D eigenvalue weighted by Gasteiger charge is -2.19. The number of benzene rings is 1. The quantitative estimate of drug-likeness (QED) is 0.724. The van der Waals surface area contributed by atoms with E-state index in [-0.39, 0.29) is 6.03 Å². The highest BCUT2D eigenvalue weighted by molar-refractivity contribution is 9.10. The van der Waals surface area contributed by atoms with Crippen LogP contribution >= 0.6 is 15.9 Å². The molecule has 0 aliphatic carbocycles. The summed E-state index contributed by atoms with van der Waals surface area (Å²) in [4.78, 5) is 23.0. The number of nitrogens with one attached hydrogen (secondary N) is 3. The normalized spacial score (nSPS) is 10.7. The molecule has 0 spiro atoms. The third-order valence-corrected chi connectivity index (χ3v) is 2.65. The van der Waals surface area contributed by atoms with Crippen LogP contribution in [0.3, 0.4) is 0 Å². The molecule has 0 aromatic heterocycles. The van der Waals surface area contributed by atoms with Crippen molar-refractivity contribution in [3.63, 3.8) is 0 Å². The number of urea groups is 1. The van der Waals surface area contributed by atoms with Gasteiger partial charge >= 0.3 is 12.1 Å². The summed E-state index contributed by atoms with van der Waals surface area (Å²) in [6, 6.07) is 6.93. The molecular formula is C14H20BrN3O3. The van der Waals surface area contributed by atoms with Gasteiger partial charge in [-0.05, 0) is 39.0 Å². The molecule has 0 heterocycles. The lowest BCUT2D eigenvalue weighted by atomic mass is 10.2. The van der Waals surface area contributed by atoms with E-state index in [9.17, 15) is 9.59 Å². The number of carbonyl (C=O) groups is 2. The van der Waals surface area contributed by atoms with Crippen molar-refractivity contribution >= 4 is 33.7 Å². The van der Waals surface area contributed by atoms with Gasteiger partial charge in [0.05, 0.1) is 0 Å². The molecule has 0 radical (unpaired) electrons. The fourth-order valence-electron chi connectivity index (χ4n) is 1.40. The minimum absolute atomic E-state index is 0.292. The minimum Gasteiger partial charge on any atom is -0.444 e. The van der Waals surface area contributed by atoms with Gasteiger partial charge in [0.2, 0.25) is 0 Å². The van der Waals surface area contributed by atoms with Crippen LogP contribution in [0, 0.1) is 0 Å². The SMILES string of the molecule is CC(C)(C)OC(=O)NCCNC(=O)Nc1cccc(Br)c1. The third-order valence-electron chi connectivity index (χ3n) is 2.16. The topological polar surface area (TPSA) is 79.5 Å². The van der Waals surface area contributed by atoms with Crippen LogP contribution < -0.4 is 16.0 Å². The van der Waals surface area contributed by atoms with Gasteiger partial charge in [0, 0.05) is 23.2 Å². The first-order valence-corrected chi connectivity index (χ1v) is 7.33. The van der Waals surface area contributed by atoms with E-state index in [1.165, 1.54) is 0 Å². The van der Waals surface area contributed by atoms with Crippen molar-refractivity contribution in [2.45, 2.75) is 26.4 Å². The Kier molecular flexibility index (Phi) is 6.48. The van der Waals surface area contributed by atoms with Gasteiger partial charge < -0.3 is 20.7 Å². The molecule has 0 aliphatic rings. The number of amides is 3. The first-order chi connectivity index (χ1) is 9.76. The average Bonchev–Trinajstić information content (AvgIpc) is 2.32. The maximum atomic E-state index is 11.6. The first-order valence-electron chi connectivity index (χ1n) is 6.53. The predicted molar refractivity (Wildman–Crippen MR) is 85.4 cm³/mol. The third kappa shape index (κ3) is 8.19. The van der Waals surface area contributed by atoms with Gasteiger partial charge in [0.25, 0.3) is 0 Å². The summed E-state index contributed by atoms with van der Waals surface area (Å²) in [5, 5.41) is 7.87. The largest absolute Gasteiger partial charge is 0.444 e. The van der Waals surface area contributed by atoms with Gasteiger partial charge in [-0.2, -0.15) is 0 Å². The van der Waals surface area contributed by atoms with Gasteiger partial charge in [-0.15, -0.1) is 0 Å². The predicted octanol–water partition coefficient (Wildman–Crippen LogP) is 3.10. The van der Waals surface area contributed by atoms with Crippen molar-refractivity contribution in [2.75, 3.05) is 18.4 Å². The van der Waals surface area contributed by atoms with E-state index in [0.717, 1.165) is 4.47 Å². The number of hydrogen-bond acceptors (Lipinski definition) is 3. The number of alkyl carbamates (subject to hydrolysis) is 1. The second-order valence-electron chi connectivity index (χ2n) is 5.32. The Hall–Kier alpha value is -1.76. The van der Waals surface area contributed by atoms with E-state index < -0.39 is 11.7 Å². The molecule has 0 saturated carbocycles. The van der Waals surface area contributed by atoms with E-state index in [2.05, 4.69) is 31.9 Å². The molecular weight excluding hydrogens is 338 g/mol. The van der Waals surface area contributed by atoms with Crippen LogP contribution in [0.25, 0.3) is 0 Å². The lowest BCUT2D eigenvalue weighted by molar-refractivity contribution is 0.0528. The Bertz CT molecular complexity index is 500. The second kappa shape index (κ2) is 7.87. The molecule has 3 N–H and O–H groups in total. The van der Waals surface area contributed by atoms with Gasteiger partial charge in [-0.1, -0.05) is 22.0 Å². The maximum Gasteiger partial charge on any atom is 0.407 e. The second-order valence-corrected chi connectivity index (χ2v) is 6.24. The summed E-state index contributed by atoms with van der Waals surface area (Å²) in [6.07, 6.45) is -0.503. The average molecular weight is 358 g/mol. The van der Waals surface area contributed by atoms with E-state index in [4.69, 9.17) is 4.74 Å². The van der Waals surface area contributed by atoms with Crippen molar-refractivity contribution < 1.29 is 14.3 Å². The smallest absolute Gasteiger partial charge is 0.407 e. The Labute approximate surface area is 132 Å². The van der Waals surface area contributed by atoms with Crippen molar-refractivity contribution in [3.8, 4) is 0 Å². The van der Waals surface area contributed by atoms with E-state index in [1.54, 1.807) is 32.9 Å². The molecule has 0 atom stereocenters. The Morgan fingerprint density at radius 2 is 1.86 bits per heavy atom. The van der Waals surface area contributed by atoms with E-state index in [0.29, 0.717) is 18.8 Å². The standard InChI is InChI=1S/C14H20BrN3O3/c1-14(2,3)21-13(20)17-8-7-16-12(19)18-11-6-4-5-10(15)9-11/h4-6,9H,7-8H2,1-3H3,(H,17,20)(H2,16,18,19). The van der Waals surface area contributed by atoms with Crippen molar-refractivity contribution in [3.05, 3.63) is 28.7 Å². The summed E-state index contributed by atoms with van der Waals surface area (Å²) < 4.78 is 5.95. The number of rotatable bonds is 4. The number of anilines is 1. The van der Waals surface area contributed by atoms with Gasteiger partial charge in [-0.25, -0.2) is 9.59 Å². The zero-order chi connectivity index (χ0) is 15.9. The Morgan fingerprint density at radius 1 is 1.19 bits per heavy atom. The highest BCUT2D eigenvalue weighted by Gasteiger charge is 2.15. The minimum atomic E-state index is -0.532. The molecule has 6 nitrogen and oxygen atoms in total. The molecule has 1 aromatic rings. The van der Waals surface area contributed by atoms with Crippen LogP contribution in [0.4, 0.5) is 15.3 Å². The first kappa shape index (κ1) is 17.3. The number of halogens is 1. The summed E-state index contributed by atoms with van der Waals surface area (Å²) in [5.41, 5.74) is 0.150. The summed E-state index contributed by atoms with van der Waals surface area (Å²) in [5.74, 6) is 0. The molecule has 21 heavy (non-hydrogen) atoms. The summed E-state index contributed by atoms with van der Waals surface area (Å²) >= 11 is 3.32. The highest BCUT2D eigenvalue weighted by Crippen LogP contribution is 2.15. The zero-order valence-electron chi connectivity index (χ0n) is 12.3. The maximum absolute atomic E-state index is 11.6. The van der Waals surface area contributed by atoms with Crippen molar-refractivity contribution in [2.24, 2.45) is 0 Å². The lowest BCUT2D eigenvalue weighted by Crippen LogP contribution is -2.39. The van der Waals surface area contributed by atoms with Gasteiger partial charge in [0.15, 0.2) is 0 Å². The van der Waals surface area contributed by atoms with Crippen LogP contribution in [0.15, 0.2) is 28.7 Å². The molecule has 3 amide bonds. The molecule has 7 heteroatoms. The Balaban J connectivity index is 2.21. The van der Waals surface area contributed by atoms with E-state index in [1.807, 2.05) is 12.1 Å². The molecule has 1 aromatic carbocycles. The molecule has 116 valence electrons. The van der Waals surface area contributed by atoms with Crippen molar-refractivity contribution in [1.29, 1.82) is 0 Å². The van der Waals surface area contributed by atoms with Crippen LogP contribution in [0.1, 0.15) is 20.8 Å². The molecule has 0 aliphatic heterocycles. The number of ether oxygens (including phenoxy) is 1. The number of carbonyl (C=O) groups excluding carboxylic acids is 2. The van der Waals surface area contributed by atoms with Crippen LogP contribution in [-0.4, -0.2) is 30.8 Å². The molecule has 0 unspecified atom stereocenters. The summed E-state index contributed by atoms with van der Waals surface area (Å²) in [7, 11) is 0. The fraction of sp³-hybridized carbons (Fsp3) is 0.429. The number of hydrogen-bond donors (Lipinski definition) is 3.